The lowest BCUT2D eigenvalue weighted by Crippen LogP contribution is -2.32. The number of nitrogens with two attached hydrogens (primary N) is 1. The Morgan fingerprint density at radius 3 is 2.28 bits per heavy atom. The van der Waals surface area contributed by atoms with Crippen LogP contribution >= 0.6 is 0 Å². The second kappa shape index (κ2) is 9.02. The Morgan fingerprint density at radius 2 is 1.66 bits per heavy atom. The fourth-order valence-electron chi connectivity index (χ4n) is 3.17. The maximum atomic E-state index is 13.2. The molecule has 1 heterocycles. The molecule has 0 fully saturated rings. The Bertz CT molecular complexity index is 1110. The molecule has 0 aliphatic heterocycles. The predicted molar refractivity (Wildman–Crippen MR) is 113 cm³/mol. The summed E-state index contributed by atoms with van der Waals surface area (Å²) in [5, 5.41) is 0. The van der Waals surface area contributed by atoms with Gasteiger partial charge in [0.15, 0.2) is 0 Å². The number of sulfonamides is 1. The van der Waals surface area contributed by atoms with Crippen molar-refractivity contribution < 1.29 is 8.42 Å². The molecule has 3 rings (SSSR count). The number of aryl methyl sites for hydroxylation is 1. The second-order valence-electron chi connectivity index (χ2n) is 6.76. The lowest BCUT2D eigenvalue weighted by atomic mass is 10.1. The summed E-state index contributed by atoms with van der Waals surface area (Å²) >= 11 is 0. The van der Waals surface area contributed by atoms with E-state index < -0.39 is 10.0 Å². The van der Waals surface area contributed by atoms with Crippen LogP contribution in [0, 0.1) is 6.92 Å². The highest BCUT2D eigenvalue weighted by Crippen LogP contribution is 2.19. The topological polar surface area (TPSA) is 109 Å². The first-order valence-electron chi connectivity index (χ1n) is 9.32. The van der Waals surface area contributed by atoms with Crippen molar-refractivity contribution in [2.24, 2.45) is 0 Å². The number of anilines is 1. The maximum absolute atomic E-state index is 13.2. The van der Waals surface area contributed by atoms with Gasteiger partial charge in [-0.1, -0.05) is 48.5 Å². The molecule has 3 aromatic rings. The number of benzene rings is 2. The average molecular weight is 413 g/mol. The molecule has 8 heteroatoms. The van der Waals surface area contributed by atoms with Gasteiger partial charge in [0, 0.05) is 24.3 Å². The van der Waals surface area contributed by atoms with Gasteiger partial charge in [-0.2, -0.15) is 4.31 Å². The van der Waals surface area contributed by atoms with E-state index in [4.69, 9.17) is 5.73 Å². The highest BCUT2D eigenvalue weighted by atomic mass is 32.2. The zero-order valence-electron chi connectivity index (χ0n) is 16.2. The molecule has 29 heavy (non-hydrogen) atoms. The van der Waals surface area contributed by atoms with E-state index in [0.717, 1.165) is 5.56 Å². The molecule has 0 unspecified atom stereocenters. The zero-order valence-corrected chi connectivity index (χ0v) is 17.0. The number of aromatic amines is 1. The fraction of sp³-hybridized carbons (Fsp3) is 0.238. The van der Waals surface area contributed by atoms with E-state index in [-0.39, 0.29) is 29.5 Å². The molecule has 0 radical (unpaired) electrons. The van der Waals surface area contributed by atoms with Crippen LogP contribution in [0.4, 0.5) is 5.95 Å². The van der Waals surface area contributed by atoms with Crippen molar-refractivity contribution in [3.8, 4) is 0 Å². The summed E-state index contributed by atoms with van der Waals surface area (Å²) in [4.78, 5) is 19.0. The van der Waals surface area contributed by atoms with Gasteiger partial charge < -0.3 is 5.73 Å². The number of hydrogen-bond donors (Lipinski definition) is 2. The summed E-state index contributed by atoms with van der Waals surface area (Å²) < 4.78 is 27.8. The fourth-order valence-corrected chi connectivity index (χ4v) is 4.66. The molecule has 0 saturated heterocycles. The Balaban J connectivity index is 1.81. The van der Waals surface area contributed by atoms with E-state index in [1.807, 2.05) is 30.3 Å². The van der Waals surface area contributed by atoms with Gasteiger partial charge in [-0.05, 0) is 37.5 Å². The summed E-state index contributed by atoms with van der Waals surface area (Å²) in [5.74, 6) is 0.0774. The molecule has 0 atom stereocenters. The molecule has 0 saturated carbocycles. The Kier molecular flexibility index (Phi) is 6.46. The van der Waals surface area contributed by atoms with Crippen LogP contribution in [0.25, 0.3) is 0 Å². The van der Waals surface area contributed by atoms with Crippen LogP contribution in [0.3, 0.4) is 0 Å². The van der Waals surface area contributed by atoms with Gasteiger partial charge in [0.2, 0.25) is 16.0 Å². The number of nitrogens with one attached hydrogen (secondary N) is 1. The SMILES string of the molecule is Cc1nc(N)[nH]c(=O)c1CCCN(Cc1ccccc1)S(=O)(=O)c1ccccc1. The molecule has 2 aromatic carbocycles. The van der Waals surface area contributed by atoms with Gasteiger partial charge in [-0.25, -0.2) is 13.4 Å². The number of aromatic nitrogens is 2. The van der Waals surface area contributed by atoms with Gasteiger partial charge in [0.25, 0.3) is 5.56 Å². The van der Waals surface area contributed by atoms with Gasteiger partial charge in [0.1, 0.15) is 0 Å². The monoisotopic (exact) mass is 412 g/mol. The number of hydrogen-bond acceptors (Lipinski definition) is 5. The third-order valence-electron chi connectivity index (χ3n) is 4.66. The van der Waals surface area contributed by atoms with Gasteiger partial charge in [0.05, 0.1) is 4.90 Å². The summed E-state index contributed by atoms with van der Waals surface area (Å²) in [6.07, 6.45) is 0.887. The van der Waals surface area contributed by atoms with Crippen molar-refractivity contribution in [2.75, 3.05) is 12.3 Å². The molecule has 0 amide bonds. The minimum Gasteiger partial charge on any atom is -0.369 e. The quantitative estimate of drug-likeness (QED) is 0.591. The van der Waals surface area contributed by atoms with Crippen LogP contribution in [0.5, 0.6) is 0 Å². The van der Waals surface area contributed by atoms with Crippen LogP contribution in [-0.2, 0) is 23.0 Å². The highest BCUT2D eigenvalue weighted by molar-refractivity contribution is 7.89. The van der Waals surface area contributed by atoms with Crippen LogP contribution in [0.1, 0.15) is 23.2 Å². The first-order chi connectivity index (χ1) is 13.9. The minimum absolute atomic E-state index is 0.0774. The first-order valence-corrected chi connectivity index (χ1v) is 10.8. The molecule has 0 aliphatic rings. The van der Waals surface area contributed by atoms with Crippen LogP contribution in [0.15, 0.2) is 70.4 Å². The van der Waals surface area contributed by atoms with E-state index in [9.17, 15) is 13.2 Å². The Labute approximate surface area is 170 Å². The maximum Gasteiger partial charge on any atom is 0.255 e. The lowest BCUT2D eigenvalue weighted by molar-refractivity contribution is 0.399. The third-order valence-corrected chi connectivity index (χ3v) is 6.52. The van der Waals surface area contributed by atoms with Crippen molar-refractivity contribution in [3.05, 3.63) is 87.8 Å². The molecule has 0 aliphatic carbocycles. The highest BCUT2D eigenvalue weighted by Gasteiger charge is 2.24. The van der Waals surface area contributed by atoms with Crippen molar-refractivity contribution in [1.29, 1.82) is 0 Å². The first kappa shape index (κ1) is 20.8. The van der Waals surface area contributed by atoms with Crippen LogP contribution in [0.2, 0.25) is 0 Å². The molecular weight excluding hydrogens is 388 g/mol. The van der Waals surface area contributed by atoms with Gasteiger partial charge in [-0.15, -0.1) is 0 Å². The normalized spacial score (nSPS) is 11.7. The van der Waals surface area contributed by atoms with E-state index in [1.165, 1.54) is 4.31 Å². The molecule has 0 bridgehead atoms. The number of H-pyrrole nitrogens is 1. The molecule has 3 N–H and O–H groups in total. The Hall–Kier alpha value is -2.97. The second-order valence-corrected chi connectivity index (χ2v) is 8.69. The lowest BCUT2D eigenvalue weighted by Gasteiger charge is -2.22. The van der Waals surface area contributed by atoms with Gasteiger partial charge in [-0.3, -0.25) is 9.78 Å². The van der Waals surface area contributed by atoms with E-state index in [1.54, 1.807) is 37.3 Å². The molecule has 0 spiro atoms. The van der Waals surface area contributed by atoms with Crippen molar-refractivity contribution in [2.45, 2.75) is 31.2 Å². The third kappa shape index (κ3) is 5.10. The van der Waals surface area contributed by atoms with Crippen molar-refractivity contribution in [3.63, 3.8) is 0 Å². The van der Waals surface area contributed by atoms with E-state index in [2.05, 4.69) is 9.97 Å². The summed E-state index contributed by atoms with van der Waals surface area (Å²) in [5.41, 5.74) is 7.26. The van der Waals surface area contributed by atoms with Crippen LogP contribution < -0.4 is 11.3 Å². The van der Waals surface area contributed by atoms with E-state index >= 15 is 0 Å². The predicted octanol–water partition coefficient (Wildman–Crippen LogP) is 2.48. The smallest absolute Gasteiger partial charge is 0.255 e. The summed E-state index contributed by atoms with van der Waals surface area (Å²) in [7, 11) is -3.67. The minimum atomic E-state index is -3.67. The number of rotatable bonds is 8. The molecular formula is C21H24N4O3S. The molecule has 7 nitrogen and oxygen atoms in total. The number of nitrogen functional groups attached to an aromatic ring is 1. The summed E-state index contributed by atoms with van der Waals surface area (Å²) in [6.45, 7) is 2.26. The molecule has 152 valence electrons. The largest absolute Gasteiger partial charge is 0.369 e. The van der Waals surface area contributed by atoms with Gasteiger partial charge >= 0.3 is 0 Å². The van der Waals surface area contributed by atoms with Crippen molar-refractivity contribution >= 4 is 16.0 Å². The van der Waals surface area contributed by atoms with Crippen molar-refractivity contribution in [1.82, 2.24) is 14.3 Å². The zero-order chi connectivity index (χ0) is 20.9. The van der Waals surface area contributed by atoms with E-state index in [0.29, 0.717) is 24.1 Å². The standard InChI is InChI=1S/C21H24N4O3S/c1-16-19(20(26)24-21(22)23-16)13-8-14-25(15-17-9-4-2-5-10-17)29(27,28)18-11-6-3-7-12-18/h2-7,9-12H,8,13-15H2,1H3,(H3,22,23,24,26). The number of nitrogens with zero attached hydrogens (tertiary/aromatic N) is 2. The average Bonchev–Trinajstić information content (AvgIpc) is 2.70. The molecule has 1 aromatic heterocycles. The van der Waals surface area contributed by atoms with Crippen LogP contribution in [-0.4, -0.2) is 29.2 Å². The Morgan fingerprint density at radius 1 is 1.03 bits per heavy atom. The summed E-state index contributed by atoms with van der Waals surface area (Å²) in [6, 6.07) is 17.8.